The molecule has 26 heavy (non-hydrogen) atoms. The Bertz CT molecular complexity index is 841. The van der Waals surface area contributed by atoms with Crippen molar-refractivity contribution in [2.45, 2.75) is 13.0 Å². The number of likely N-dealkylation sites (N-methyl/N-ethyl adjacent to an activating group) is 1. The van der Waals surface area contributed by atoms with Crippen molar-refractivity contribution in [3.05, 3.63) is 52.5 Å². The Morgan fingerprint density at radius 3 is 2.77 bits per heavy atom. The van der Waals surface area contributed by atoms with Gasteiger partial charge >= 0.3 is 0 Å². The summed E-state index contributed by atoms with van der Waals surface area (Å²) in [6, 6.07) is 13.0. The fourth-order valence-corrected chi connectivity index (χ4v) is 3.10. The molecule has 136 valence electrons. The van der Waals surface area contributed by atoms with E-state index < -0.39 is 6.10 Å². The number of aryl methyl sites for hydroxylation is 1. The molecule has 0 radical (unpaired) electrons. The Morgan fingerprint density at radius 1 is 1.27 bits per heavy atom. The van der Waals surface area contributed by atoms with Crippen LogP contribution in [-0.2, 0) is 9.59 Å². The number of rotatable bonds is 4. The highest BCUT2D eigenvalue weighted by molar-refractivity contribution is 9.10. The fraction of sp³-hybridized carbons (Fsp3) is 0.263. The Morgan fingerprint density at radius 2 is 2.04 bits per heavy atom. The summed E-state index contributed by atoms with van der Waals surface area (Å²) in [4.78, 5) is 26.4. The number of ether oxygens (including phenoxy) is 1. The molecule has 0 spiro atoms. The molecular formula is C19H20BrN3O3. The molecule has 0 aromatic heterocycles. The van der Waals surface area contributed by atoms with E-state index in [1.54, 1.807) is 13.1 Å². The van der Waals surface area contributed by atoms with Crippen LogP contribution in [0.2, 0.25) is 0 Å². The molecule has 0 saturated heterocycles. The summed E-state index contributed by atoms with van der Waals surface area (Å²) in [7, 11) is 1.57. The number of nitrogens with zero attached hydrogens (tertiary/aromatic N) is 1. The number of hydrogen-bond donors (Lipinski definition) is 2. The van der Waals surface area contributed by atoms with Crippen LogP contribution in [-0.4, -0.2) is 38.1 Å². The second-order valence-corrected chi connectivity index (χ2v) is 6.94. The van der Waals surface area contributed by atoms with Crippen molar-refractivity contribution in [1.29, 1.82) is 0 Å². The van der Waals surface area contributed by atoms with Crippen molar-refractivity contribution in [2.24, 2.45) is 0 Å². The van der Waals surface area contributed by atoms with Crippen LogP contribution >= 0.6 is 15.9 Å². The number of carbonyl (C=O) groups is 2. The topological polar surface area (TPSA) is 70.7 Å². The van der Waals surface area contributed by atoms with E-state index in [0.29, 0.717) is 12.3 Å². The lowest BCUT2D eigenvalue weighted by Gasteiger charge is -2.35. The third-order valence-electron chi connectivity index (χ3n) is 4.18. The first kappa shape index (κ1) is 18.3. The van der Waals surface area contributed by atoms with Gasteiger partial charge in [-0.05, 0) is 42.8 Å². The molecule has 1 heterocycles. The average molecular weight is 418 g/mol. The second kappa shape index (κ2) is 7.78. The molecule has 7 heteroatoms. The molecular weight excluding hydrogens is 398 g/mol. The predicted molar refractivity (Wildman–Crippen MR) is 105 cm³/mol. The minimum absolute atomic E-state index is 0.128. The van der Waals surface area contributed by atoms with Crippen molar-refractivity contribution >= 4 is 39.1 Å². The fourth-order valence-electron chi connectivity index (χ4n) is 2.85. The van der Waals surface area contributed by atoms with E-state index in [9.17, 15) is 9.59 Å². The van der Waals surface area contributed by atoms with Crippen LogP contribution in [0.4, 0.5) is 11.4 Å². The third-order valence-corrected chi connectivity index (χ3v) is 5.07. The lowest BCUT2D eigenvalue weighted by Crippen LogP contribution is -2.50. The van der Waals surface area contributed by atoms with Gasteiger partial charge in [0.15, 0.2) is 6.10 Å². The number of carbonyl (C=O) groups excluding carboxylic acids is 2. The van der Waals surface area contributed by atoms with Gasteiger partial charge in [-0.2, -0.15) is 0 Å². The number of anilines is 2. The summed E-state index contributed by atoms with van der Waals surface area (Å²) < 4.78 is 6.74. The first-order valence-electron chi connectivity index (χ1n) is 8.26. The van der Waals surface area contributed by atoms with Crippen molar-refractivity contribution in [3.8, 4) is 5.75 Å². The highest BCUT2D eigenvalue weighted by Gasteiger charge is 2.30. The van der Waals surface area contributed by atoms with E-state index in [4.69, 9.17) is 4.74 Å². The molecule has 3 rings (SSSR count). The summed E-state index contributed by atoms with van der Waals surface area (Å²) in [6.07, 6.45) is -0.655. The standard InChI is InChI=1S/C19H20BrN3O3/c1-12-9-13(7-8-14(12)20)22-18(24)11-23-10-17(19(25)21-2)26-16-6-4-3-5-15(16)23/h3-9,17H,10-11H2,1-2H3,(H,21,25)(H,22,24). The zero-order chi connectivity index (χ0) is 18.7. The van der Waals surface area contributed by atoms with Gasteiger partial charge in [0.25, 0.3) is 5.91 Å². The normalized spacial score (nSPS) is 15.7. The van der Waals surface area contributed by atoms with Crippen LogP contribution < -0.4 is 20.3 Å². The Kier molecular flexibility index (Phi) is 5.46. The van der Waals surface area contributed by atoms with E-state index in [2.05, 4.69) is 26.6 Å². The third kappa shape index (κ3) is 3.99. The number of benzene rings is 2. The quantitative estimate of drug-likeness (QED) is 0.801. The number of halogens is 1. The monoisotopic (exact) mass is 417 g/mol. The van der Waals surface area contributed by atoms with E-state index >= 15 is 0 Å². The van der Waals surface area contributed by atoms with Gasteiger partial charge in [-0.15, -0.1) is 0 Å². The Balaban J connectivity index is 1.75. The maximum atomic E-state index is 12.5. The van der Waals surface area contributed by atoms with Crippen molar-refractivity contribution < 1.29 is 14.3 Å². The van der Waals surface area contributed by atoms with Crippen LogP contribution in [0.25, 0.3) is 0 Å². The number of nitrogens with one attached hydrogen (secondary N) is 2. The summed E-state index contributed by atoms with van der Waals surface area (Å²) >= 11 is 3.45. The van der Waals surface area contributed by atoms with Gasteiger partial charge in [0.05, 0.1) is 18.8 Å². The van der Waals surface area contributed by atoms with Gasteiger partial charge < -0.3 is 20.3 Å². The summed E-state index contributed by atoms with van der Waals surface area (Å²) in [6.45, 7) is 2.40. The maximum absolute atomic E-state index is 12.5. The molecule has 0 saturated carbocycles. The molecule has 0 fully saturated rings. The molecule has 2 N–H and O–H groups in total. The molecule has 6 nitrogen and oxygen atoms in total. The van der Waals surface area contributed by atoms with Gasteiger partial charge in [-0.3, -0.25) is 9.59 Å². The zero-order valence-electron chi connectivity index (χ0n) is 14.6. The lowest BCUT2D eigenvalue weighted by molar-refractivity contribution is -0.127. The van der Waals surface area contributed by atoms with E-state index in [1.807, 2.05) is 48.2 Å². The van der Waals surface area contributed by atoms with Gasteiger partial charge in [0.2, 0.25) is 5.91 Å². The lowest BCUT2D eigenvalue weighted by atomic mass is 10.1. The highest BCUT2D eigenvalue weighted by atomic mass is 79.9. The average Bonchev–Trinajstić information content (AvgIpc) is 2.64. The molecule has 2 aromatic carbocycles. The van der Waals surface area contributed by atoms with Crippen LogP contribution in [0.1, 0.15) is 5.56 Å². The van der Waals surface area contributed by atoms with Gasteiger partial charge in [0.1, 0.15) is 5.75 Å². The Hall–Kier alpha value is -2.54. The first-order chi connectivity index (χ1) is 12.5. The van der Waals surface area contributed by atoms with Gasteiger partial charge in [-0.1, -0.05) is 28.1 Å². The van der Waals surface area contributed by atoms with E-state index in [0.717, 1.165) is 21.4 Å². The summed E-state index contributed by atoms with van der Waals surface area (Å²) in [5.74, 6) is 0.229. The number of para-hydroxylation sites is 2. The van der Waals surface area contributed by atoms with E-state index in [-0.39, 0.29) is 18.4 Å². The molecule has 2 amide bonds. The SMILES string of the molecule is CNC(=O)C1CN(CC(=O)Nc2ccc(Br)c(C)c2)c2ccccc2O1. The molecule has 0 aliphatic carbocycles. The van der Waals surface area contributed by atoms with Gasteiger partial charge in [0, 0.05) is 17.2 Å². The van der Waals surface area contributed by atoms with E-state index in [1.165, 1.54) is 0 Å². The van der Waals surface area contributed by atoms with Gasteiger partial charge in [-0.25, -0.2) is 0 Å². The molecule has 1 atom stereocenters. The summed E-state index contributed by atoms with van der Waals surface area (Å²) in [5, 5.41) is 5.50. The van der Waals surface area contributed by atoms with Crippen LogP contribution in [0.15, 0.2) is 46.9 Å². The molecule has 1 unspecified atom stereocenters. The Labute approximate surface area is 160 Å². The molecule has 1 aliphatic rings. The largest absolute Gasteiger partial charge is 0.477 e. The first-order valence-corrected chi connectivity index (χ1v) is 9.05. The second-order valence-electron chi connectivity index (χ2n) is 6.08. The van der Waals surface area contributed by atoms with Crippen LogP contribution in [0.5, 0.6) is 5.75 Å². The molecule has 2 aromatic rings. The highest BCUT2D eigenvalue weighted by Crippen LogP contribution is 2.33. The smallest absolute Gasteiger partial charge is 0.262 e. The summed E-state index contributed by atoms with van der Waals surface area (Å²) in [5.41, 5.74) is 2.58. The number of hydrogen-bond acceptors (Lipinski definition) is 4. The minimum atomic E-state index is -0.655. The zero-order valence-corrected chi connectivity index (χ0v) is 16.2. The van der Waals surface area contributed by atoms with Crippen LogP contribution in [0, 0.1) is 6.92 Å². The van der Waals surface area contributed by atoms with Crippen molar-refractivity contribution in [2.75, 3.05) is 30.4 Å². The predicted octanol–water partition coefficient (Wildman–Crippen LogP) is 2.71. The number of amides is 2. The van der Waals surface area contributed by atoms with Crippen molar-refractivity contribution in [3.63, 3.8) is 0 Å². The van der Waals surface area contributed by atoms with Crippen LogP contribution in [0.3, 0.4) is 0 Å². The molecule has 1 aliphatic heterocycles. The maximum Gasteiger partial charge on any atom is 0.262 e. The molecule has 0 bridgehead atoms. The minimum Gasteiger partial charge on any atom is -0.477 e. The number of fused-ring (bicyclic) bond motifs is 1. The van der Waals surface area contributed by atoms with Crippen molar-refractivity contribution in [1.82, 2.24) is 5.32 Å².